The van der Waals surface area contributed by atoms with Crippen molar-refractivity contribution in [2.24, 2.45) is 0 Å². The van der Waals surface area contributed by atoms with E-state index in [1.807, 2.05) is 44.2 Å². The van der Waals surface area contributed by atoms with Crippen molar-refractivity contribution < 1.29 is 18.7 Å². The summed E-state index contributed by atoms with van der Waals surface area (Å²) in [5.74, 6) is 1.37. The van der Waals surface area contributed by atoms with Crippen LogP contribution in [0.15, 0.2) is 46.9 Å². The predicted molar refractivity (Wildman–Crippen MR) is 112 cm³/mol. The molecule has 2 aromatic rings. The molecule has 1 heterocycles. The summed E-state index contributed by atoms with van der Waals surface area (Å²) in [6.45, 7) is 8.08. The minimum atomic E-state index is -0.105. The summed E-state index contributed by atoms with van der Waals surface area (Å²) in [7, 11) is 0. The van der Waals surface area contributed by atoms with Gasteiger partial charge in [0.05, 0.1) is 13.1 Å². The van der Waals surface area contributed by atoms with Gasteiger partial charge in [0.25, 0.3) is 0 Å². The summed E-state index contributed by atoms with van der Waals surface area (Å²) >= 11 is 0. The molecule has 0 bridgehead atoms. The Morgan fingerprint density at radius 3 is 2.41 bits per heavy atom. The lowest BCUT2D eigenvalue weighted by Gasteiger charge is -2.26. The Bertz CT molecular complexity index is 757. The highest BCUT2D eigenvalue weighted by molar-refractivity contribution is 5.83. The fraction of sp³-hybridized carbons (Fsp3) is 0.478. The van der Waals surface area contributed by atoms with Crippen LogP contribution in [0.3, 0.4) is 0 Å². The molecule has 0 aliphatic carbocycles. The fourth-order valence-electron chi connectivity index (χ4n) is 3.07. The van der Waals surface area contributed by atoms with Gasteiger partial charge in [0, 0.05) is 33.2 Å². The first-order chi connectivity index (χ1) is 14.0. The number of carbonyl (C=O) groups is 2. The van der Waals surface area contributed by atoms with E-state index in [4.69, 9.17) is 9.15 Å². The lowest BCUT2D eigenvalue weighted by atomic mass is 10.1. The minimum Gasteiger partial charge on any atom is -0.464 e. The van der Waals surface area contributed by atoms with Crippen LogP contribution in [-0.2, 0) is 27.3 Å². The molecule has 158 valence electrons. The van der Waals surface area contributed by atoms with Crippen LogP contribution in [0, 0.1) is 6.92 Å². The van der Waals surface area contributed by atoms with E-state index < -0.39 is 0 Å². The zero-order chi connectivity index (χ0) is 21.1. The first-order valence-electron chi connectivity index (χ1n) is 10.2. The predicted octanol–water partition coefficient (Wildman–Crippen LogP) is 3.43. The average Bonchev–Trinajstić information content (AvgIpc) is 3.12. The van der Waals surface area contributed by atoms with E-state index in [2.05, 4.69) is 12.1 Å². The lowest BCUT2D eigenvalue weighted by Crippen LogP contribution is -2.43. The Labute approximate surface area is 173 Å². The van der Waals surface area contributed by atoms with Crippen molar-refractivity contribution in [3.8, 4) is 0 Å². The molecule has 6 nitrogen and oxygen atoms in total. The smallest absolute Gasteiger partial charge is 0.242 e. The van der Waals surface area contributed by atoms with Crippen molar-refractivity contribution in [3.05, 3.63) is 59.5 Å². The third-order valence-electron chi connectivity index (χ3n) is 4.70. The molecule has 0 saturated carbocycles. The number of amides is 2. The largest absolute Gasteiger partial charge is 0.464 e. The van der Waals surface area contributed by atoms with Gasteiger partial charge < -0.3 is 19.0 Å². The molecule has 29 heavy (non-hydrogen) atoms. The van der Waals surface area contributed by atoms with Crippen molar-refractivity contribution in [2.45, 2.75) is 40.2 Å². The number of benzene rings is 1. The number of rotatable bonds is 12. The van der Waals surface area contributed by atoms with E-state index in [-0.39, 0.29) is 18.4 Å². The van der Waals surface area contributed by atoms with Crippen LogP contribution < -0.4 is 0 Å². The molecule has 1 aromatic heterocycles. The molecule has 0 aliphatic rings. The van der Waals surface area contributed by atoms with Gasteiger partial charge >= 0.3 is 0 Å². The van der Waals surface area contributed by atoms with E-state index in [0.717, 1.165) is 17.9 Å². The highest BCUT2D eigenvalue weighted by atomic mass is 16.5. The van der Waals surface area contributed by atoms with Gasteiger partial charge in [-0.3, -0.25) is 9.59 Å². The standard InChI is InChI=1S/C23H32N2O4/c1-4-28-16-8-14-24(20(3)26)18-23(27)25(17-22-12-11-19(2)29-22)15-13-21-9-6-5-7-10-21/h5-7,9-12H,4,8,13-18H2,1-3H3. The summed E-state index contributed by atoms with van der Waals surface area (Å²) < 4.78 is 11.0. The van der Waals surface area contributed by atoms with Crippen molar-refractivity contribution in [3.63, 3.8) is 0 Å². The van der Waals surface area contributed by atoms with E-state index in [0.29, 0.717) is 39.3 Å². The maximum atomic E-state index is 13.0. The summed E-state index contributed by atoms with van der Waals surface area (Å²) in [6.07, 6.45) is 1.46. The Hall–Kier alpha value is -2.60. The molecular weight excluding hydrogens is 368 g/mol. The summed E-state index contributed by atoms with van der Waals surface area (Å²) in [5.41, 5.74) is 1.17. The number of ether oxygens (including phenoxy) is 1. The van der Waals surface area contributed by atoms with Gasteiger partial charge in [-0.1, -0.05) is 30.3 Å². The van der Waals surface area contributed by atoms with Crippen LogP contribution in [0.2, 0.25) is 0 Å². The summed E-state index contributed by atoms with van der Waals surface area (Å²) in [5, 5.41) is 0. The van der Waals surface area contributed by atoms with Crippen molar-refractivity contribution >= 4 is 11.8 Å². The van der Waals surface area contributed by atoms with Gasteiger partial charge in [-0.05, 0) is 44.4 Å². The van der Waals surface area contributed by atoms with Gasteiger partial charge in [-0.2, -0.15) is 0 Å². The second-order valence-corrected chi connectivity index (χ2v) is 7.05. The van der Waals surface area contributed by atoms with Crippen LogP contribution in [0.4, 0.5) is 0 Å². The molecule has 0 saturated heterocycles. The monoisotopic (exact) mass is 400 g/mol. The van der Waals surface area contributed by atoms with Crippen LogP contribution in [0.5, 0.6) is 0 Å². The first kappa shape index (κ1) is 22.7. The molecule has 0 fully saturated rings. The number of hydrogen-bond donors (Lipinski definition) is 0. The Kier molecular flexibility index (Phi) is 9.44. The zero-order valence-electron chi connectivity index (χ0n) is 17.7. The highest BCUT2D eigenvalue weighted by Crippen LogP contribution is 2.12. The fourth-order valence-corrected chi connectivity index (χ4v) is 3.07. The van der Waals surface area contributed by atoms with Crippen LogP contribution in [0.25, 0.3) is 0 Å². The molecule has 2 amide bonds. The summed E-state index contributed by atoms with van der Waals surface area (Å²) in [4.78, 5) is 28.4. The molecule has 1 aromatic carbocycles. The molecule has 0 N–H and O–H groups in total. The number of hydrogen-bond acceptors (Lipinski definition) is 4. The van der Waals surface area contributed by atoms with Gasteiger partial charge in [-0.15, -0.1) is 0 Å². The van der Waals surface area contributed by atoms with Crippen molar-refractivity contribution in [2.75, 3.05) is 32.8 Å². The minimum absolute atomic E-state index is 0.0654. The molecule has 0 radical (unpaired) electrons. The normalized spacial score (nSPS) is 10.7. The maximum absolute atomic E-state index is 13.0. The molecule has 0 atom stereocenters. The SMILES string of the molecule is CCOCCCN(CC(=O)N(CCc1ccccc1)Cc1ccc(C)o1)C(C)=O. The topological polar surface area (TPSA) is 63.0 Å². The van der Waals surface area contributed by atoms with Crippen LogP contribution in [0.1, 0.15) is 37.4 Å². The van der Waals surface area contributed by atoms with Gasteiger partial charge in [0.15, 0.2) is 0 Å². The van der Waals surface area contributed by atoms with Gasteiger partial charge in [-0.25, -0.2) is 0 Å². The van der Waals surface area contributed by atoms with Crippen LogP contribution >= 0.6 is 0 Å². The van der Waals surface area contributed by atoms with Crippen LogP contribution in [-0.4, -0.2) is 54.5 Å². The second kappa shape index (κ2) is 12.1. The van der Waals surface area contributed by atoms with Crippen molar-refractivity contribution in [1.82, 2.24) is 9.80 Å². The molecule has 6 heteroatoms. The van der Waals surface area contributed by atoms with E-state index in [1.165, 1.54) is 12.5 Å². The third kappa shape index (κ3) is 8.11. The number of furan rings is 1. The Morgan fingerprint density at radius 2 is 1.79 bits per heavy atom. The second-order valence-electron chi connectivity index (χ2n) is 7.05. The highest BCUT2D eigenvalue weighted by Gasteiger charge is 2.20. The average molecular weight is 401 g/mol. The maximum Gasteiger partial charge on any atom is 0.242 e. The molecular formula is C23H32N2O4. The van der Waals surface area contributed by atoms with E-state index in [1.54, 1.807) is 9.80 Å². The third-order valence-corrected chi connectivity index (χ3v) is 4.70. The Morgan fingerprint density at radius 1 is 1.03 bits per heavy atom. The first-order valence-corrected chi connectivity index (χ1v) is 10.2. The molecule has 0 aliphatic heterocycles. The lowest BCUT2D eigenvalue weighted by molar-refractivity contribution is -0.140. The molecule has 2 rings (SSSR count). The summed E-state index contributed by atoms with van der Waals surface area (Å²) in [6, 6.07) is 13.9. The quantitative estimate of drug-likeness (QED) is 0.512. The number of nitrogens with zero attached hydrogens (tertiary/aromatic N) is 2. The van der Waals surface area contributed by atoms with E-state index >= 15 is 0 Å². The van der Waals surface area contributed by atoms with Gasteiger partial charge in [0.2, 0.25) is 11.8 Å². The van der Waals surface area contributed by atoms with Gasteiger partial charge in [0.1, 0.15) is 11.5 Å². The molecule has 0 unspecified atom stereocenters. The zero-order valence-corrected chi connectivity index (χ0v) is 17.7. The molecule has 0 spiro atoms. The number of carbonyl (C=O) groups excluding carboxylic acids is 2. The number of aryl methyl sites for hydroxylation is 1. The Balaban J connectivity index is 2.01. The van der Waals surface area contributed by atoms with Crippen molar-refractivity contribution in [1.29, 1.82) is 0 Å². The van der Waals surface area contributed by atoms with E-state index in [9.17, 15) is 9.59 Å².